The van der Waals surface area contributed by atoms with Gasteiger partial charge in [-0.1, -0.05) is 11.6 Å². The summed E-state index contributed by atoms with van der Waals surface area (Å²) in [5.41, 5.74) is -1.30. The zero-order valence-electron chi connectivity index (χ0n) is 18.3. The highest BCUT2D eigenvalue weighted by atomic mass is 35.5. The third kappa shape index (κ3) is 4.65. The van der Waals surface area contributed by atoms with E-state index in [1.165, 1.54) is 16.8 Å². The lowest BCUT2D eigenvalue weighted by Gasteiger charge is -2.28. The zero-order valence-corrected chi connectivity index (χ0v) is 19.1. The molecule has 8 nitrogen and oxygen atoms in total. The number of fused-ring (bicyclic) bond motifs is 1. The summed E-state index contributed by atoms with van der Waals surface area (Å²) < 4.78 is 68.9. The second-order valence-electron chi connectivity index (χ2n) is 8.07. The summed E-state index contributed by atoms with van der Waals surface area (Å²) in [6.45, 7) is -0.256. The molecule has 2 amide bonds. The number of nitrogens with one attached hydrogen (secondary N) is 3. The van der Waals surface area contributed by atoms with E-state index in [1.807, 2.05) is 0 Å². The summed E-state index contributed by atoms with van der Waals surface area (Å²) in [6.07, 6.45) is -3.47. The number of carbonyl (C=O) groups excluding carboxylic acids is 2. The molecule has 0 spiro atoms. The van der Waals surface area contributed by atoms with E-state index >= 15 is 0 Å². The number of aromatic amines is 1. The Balaban J connectivity index is 1.64. The van der Waals surface area contributed by atoms with Gasteiger partial charge in [-0.05, 0) is 42.5 Å². The largest absolute Gasteiger partial charge is 0.416 e. The molecule has 190 valence electrons. The zero-order chi connectivity index (χ0) is 26.5. The molecule has 5 rings (SSSR count). The van der Waals surface area contributed by atoms with Crippen LogP contribution in [0.5, 0.6) is 0 Å². The molecule has 0 saturated carbocycles. The highest BCUT2D eigenvalue weighted by Crippen LogP contribution is 2.38. The molecule has 1 atom stereocenters. The number of benzene rings is 2. The number of carbonyl (C=O) groups is 2. The maximum Gasteiger partial charge on any atom is 0.416 e. The minimum Gasteiger partial charge on any atom is -0.342 e. The van der Waals surface area contributed by atoms with Gasteiger partial charge in [-0.15, -0.1) is 0 Å². The predicted molar refractivity (Wildman–Crippen MR) is 121 cm³/mol. The number of anilines is 1. The molecule has 0 aliphatic carbocycles. The fraction of sp³-hybridized carbons (Fsp3) is 0.130. The van der Waals surface area contributed by atoms with E-state index < -0.39 is 46.8 Å². The number of alkyl halides is 3. The monoisotopic (exact) mass is 536 g/mol. The van der Waals surface area contributed by atoms with Crippen LogP contribution < -0.4 is 10.6 Å². The number of nitrogens with zero attached hydrogens (tertiary/aromatic N) is 3. The lowest BCUT2D eigenvalue weighted by Crippen LogP contribution is -2.39. The summed E-state index contributed by atoms with van der Waals surface area (Å²) in [5, 5.41) is 11.7. The molecular formula is C23H14ClF5N6O2. The van der Waals surface area contributed by atoms with Crippen LogP contribution in [-0.2, 0) is 17.5 Å². The third-order valence-electron chi connectivity index (χ3n) is 5.62. The summed E-state index contributed by atoms with van der Waals surface area (Å²) in [7, 11) is 0. The Morgan fingerprint density at radius 2 is 1.89 bits per heavy atom. The van der Waals surface area contributed by atoms with E-state index in [-0.39, 0.29) is 40.5 Å². The van der Waals surface area contributed by atoms with Gasteiger partial charge in [0, 0.05) is 22.3 Å². The highest BCUT2D eigenvalue weighted by molar-refractivity contribution is 6.31. The van der Waals surface area contributed by atoms with Crippen molar-refractivity contribution in [2.45, 2.75) is 18.8 Å². The van der Waals surface area contributed by atoms with Gasteiger partial charge in [0.2, 0.25) is 5.91 Å². The van der Waals surface area contributed by atoms with Gasteiger partial charge in [0.05, 0.1) is 17.3 Å². The Morgan fingerprint density at radius 3 is 2.59 bits per heavy atom. The fourth-order valence-electron chi connectivity index (χ4n) is 4.04. The fourth-order valence-corrected chi connectivity index (χ4v) is 4.27. The van der Waals surface area contributed by atoms with Crippen LogP contribution >= 0.6 is 11.6 Å². The third-order valence-corrected chi connectivity index (χ3v) is 5.96. The number of H-pyrrole nitrogens is 1. The van der Waals surface area contributed by atoms with Crippen LogP contribution in [0.4, 0.5) is 27.8 Å². The first-order valence-corrected chi connectivity index (χ1v) is 10.9. The normalized spacial score (nSPS) is 15.3. The molecule has 0 saturated heterocycles. The molecule has 3 N–H and O–H groups in total. The average molecular weight is 537 g/mol. The SMILES string of the molecule is O=C1Cn2c(-c3ccn[nH]3)nc(NC(=O)c3cc(F)cc(C(F)(F)F)c3)c2[C@H](c2cc(F)ccc2Cl)N1. The van der Waals surface area contributed by atoms with E-state index in [4.69, 9.17) is 11.6 Å². The van der Waals surface area contributed by atoms with Crippen LogP contribution in [-0.4, -0.2) is 31.6 Å². The van der Waals surface area contributed by atoms with Gasteiger partial charge >= 0.3 is 6.18 Å². The Hall–Kier alpha value is -4.26. The molecule has 0 bridgehead atoms. The van der Waals surface area contributed by atoms with E-state index in [9.17, 15) is 31.5 Å². The van der Waals surface area contributed by atoms with E-state index in [2.05, 4.69) is 25.8 Å². The lowest BCUT2D eigenvalue weighted by molar-refractivity contribution is -0.137. The van der Waals surface area contributed by atoms with Crippen molar-refractivity contribution in [1.82, 2.24) is 25.1 Å². The van der Waals surface area contributed by atoms with Crippen LogP contribution in [0.25, 0.3) is 11.5 Å². The van der Waals surface area contributed by atoms with Crippen LogP contribution in [0.3, 0.4) is 0 Å². The highest BCUT2D eigenvalue weighted by Gasteiger charge is 2.36. The summed E-state index contributed by atoms with van der Waals surface area (Å²) in [5.74, 6) is -3.49. The number of hydrogen-bond donors (Lipinski definition) is 3. The number of amides is 2. The minimum absolute atomic E-state index is 0.0988. The smallest absolute Gasteiger partial charge is 0.342 e. The quantitative estimate of drug-likeness (QED) is 0.329. The summed E-state index contributed by atoms with van der Waals surface area (Å²) in [6, 6.07) is 5.36. The van der Waals surface area contributed by atoms with Gasteiger partial charge in [-0.2, -0.15) is 18.3 Å². The molecule has 0 radical (unpaired) electrons. The second-order valence-corrected chi connectivity index (χ2v) is 8.48. The Morgan fingerprint density at radius 1 is 1.11 bits per heavy atom. The molecule has 3 heterocycles. The summed E-state index contributed by atoms with van der Waals surface area (Å²) in [4.78, 5) is 29.9. The average Bonchev–Trinajstić information content (AvgIpc) is 3.47. The van der Waals surface area contributed by atoms with Gasteiger partial charge in [-0.3, -0.25) is 14.7 Å². The Labute approximate surface area is 209 Å². The topological polar surface area (TPSA) is 105 Å². The van der Waals surface area contributed by atoms with Crippen molar-refractivity contribution < 1.29 is 31.5 Å². The lowest BCUT2D eigenvalue weighted by atomic mass is 10.0. The number of hydrogen-bond acceptors (Lipinski definition) is 4. The molecule has 2 aromatic heterocycles. The predicted octanol–water partition coefficient (Wildman–Crippen LogP) is 4.70. The molecular weight excluding hydrogens is 523 g/mol. The van der Waals surface area contributed by atoms with Crippen LogP contribution in [0.1, 0.15) is 33.2 Å². The molecule has 1 aliphatic rings. The molecule has 0 fully saturated rings. The summed E-state index contributed by atoms with van der Waals surface area (Å²) >= 11 is 6.28. The maximum atomic E-state index is 14.1. The Kier molecular flexibility index (Phi) is 5.94. The Bertz CT molecular complexity index is 1530. The number of aromatic nitrogens is 4. The number of imidazole rings is 1. The number of rotatable bonds is 4. The molecule has 0 unspecified atom stereocenters. The van der Waals surface area contributed by atoms with Crippen LogP contribution in [0.15, 0.2) is 48.7 Å². The van der Waals surface area contributed by atoms with Gasteiger partial charge < -0.3 is 15.2 Å². The van der Waals surface area contributed by atoms with Crippen molar-refractivity contribution in [3.63, 3.8) is 0 Å². The van der Waals surface area contributed by atoms with Crippen molar-refractivity contribution in [3.8, 4) is 11.5 Å². The number of halogens is 6. The van der Waals surface area contributed by atoms with Gasteiger partial charge in [0.1, 0.15) is 23.9 Å². The second kappa shape index (κ2) is 9.00. The van der Waals surface area contributed by atoms with Gasteiger partial charge in [-0.25, -0.2) is 13.8 Å². The molecule has 14 heteroatoms. The first kappa shape index (κ1) is 24.4. The van der Waals surface area contributed by atoms with Crippen molar-refractivity contribution in [3.05, 3.63) is 87.7 Å². The van der Waals surface area contributed by atoms with Gasteiger partial charge in [0.15, 0.2) is 11.6 Å². The first-order valence-electron chi connectivity index (χ1n) is 10.5. The molecule has 37 heavy (non-hydrogen) atoms. The molecule has 2 aromatic carbocycles. The molecule has 1 aliphatic heterocycles. The van der Waals surface area contributed by atoms with E-state index in [0.717, 1.165) is 12.1 Å². The van der Waals surface area contributed by atoms with Crippen molar-refractivity contribution in [1.29, 1.82) is 0 Å². The van der Waals surface area contributed by atoms with E-state index in [1.54, 1.807) is 6.07 Å². The minimum atomic E-state index is -4.89. The standard InChI is InChI=1S/C23H14ClF5N6O2/c24-15-2-1-12(25)8-14(15)18-19-20(32-21(16-3-4-30-34-16)35(19)9-17(36)31-18)33-22(37)10-5-11(23(27,28)29)7-13(26)6-10/h1-8,18H,9H2,(H,30,34)(H,31,36)(H,33,37)/t18-/m0/s1. The van der Waals surface area contributed by atoms with Crippen LogP contribution in [0, 0.1) is 11.6 Å². The van der Waals surface area contributed by atoms with Gasteiger partial charge in [0.25, 0.3) is 5.91 Å². The van der Waals surface area contributed by atoms with Crippen molar-refractivity contribution in [2.24, 2.45) is 0 Å². The molecule has 4 aromatic rings. The van der Waals surface area contributed by atoms with Crippen molar-refractivity contribution in [2.75, 3.05) is 5.32 Å². The van der Waals surface area contributed by atoms with E-state index in [0.29, 0.717) is 17.8 Å². The first-order chi connectivity index (χ1) is 17.5. The maximum absolute atomic E-state index is 14.1. The van der Waals surface area contributed by atoms with Crippen molar-refractivity contribution >= 4 is 29.2 Å². The van der Waals surface area contributed by atoms with Crippen LogP contribution in [0.2, 0.25) is 5.02 Å².